The molecule has 656 valence electrons. The van der Waals surface area contributed by atoms with Crippen molar-refractivity contribution >= 4 is 21.2 Å². The summed E-state index contributed by atoms with van der Waals surface area (Å²) >= 11 is -1.50. The quantitative estimate of drug-likeness (QED) is 0.0306. The number of nitrogens with zero attached hydrogens (tertiary/aromatic N) is 1. The summed E-state index contributed by atoms with van der Waals surface area (Å²) in [6, 6.07) is 0. The van der Waals surface area contributed by atoms with Crippen LogP contribution in [0.3, 0.4) is 0 Å². The standard InChI is InChI=1S/C24H39F4N.4C12F10.Al.H2O.O/c1-6-9-10-11-15-29(16-17(4)13-14-19(8-3)12-7-2)24-21(26)18(5)20(25)22(27)23(24)28;4*13-3-1(4(14)8(18)11(21)7(3)17)2-5(15)9(19)12(22)10(20)6(2)16;;;/h17,19H,6-16H2,1-5H3;;;;;;1H2;/q;;;;;+1;;/p-1. The molecule has 0 spiro atoms. The fourth-order valence-corrected chi connectivity index (χ4v) is 10.6. The van der Waals surface area contributed by atoms with Crippen molar-refractivity contribution in [3.05, 3.63) is 262 Å². The Bertz CT molecular complexity index is 4320. The van der Waals surface area contributed by atoms with Crippen LogP contribution in [0.25, 0.3) is 44.5 Å². The second-order valence-electron chi connectivity index (χ2n) is 24.1. The van der Waals surface area contributed by atoms with Crippen LogP contribution in [0.5, 0.6) is 0 Å². The van der Waals surface area contributed by atoms with E-state index in [1.165, 1.54) is 6.42 Å². The van der Waals surface area contributed by atoms with E-state index >= 15 is 0 Å². The second kappa shape index (κ2) is 42.4. The maximum absolute atomic E-state index is 14.8. The monoisotopic (exact) mass is 1810 g/mol. The number of rotatable bonds is 18. The van der Waals surface area contributed by atoms with Crippen molar-refractivity contribution in [2.45, 2.75) is 92.4 Å². The van der Waals surface area contributed by atoms with E-state index in [1.807, 2.05) is 0 Å². The van der Waals surface area contributed by atoms with Crippen molar-refractivity contribution in [2.24, 2.45) is 11.8 Å². The van der Waals surface area contributed by atoms with Gasteiger partial charge in [-0.2, -0.15) is 0 Å². The van der Waals surface area contributed by atoms with Crippen molar-refractivity contribution in [2.75, 3.05) is 18.0 Å². The summed E-state index contributed by atoms with van der Waals surface area (Å²) < 4.78 is 597. The Labute approximate surface area is 648 Å². The van der Waals surface area contributed by atoms with Gasteiger partial charge >= 0.3 is 23.4 Å². The molecular formula is C72H40AlF44NO2. The Morgan fingerprint density at radius 1 is 0.242 bits per heavy atom. The molecule has 48 heteroatoms. The van der Waals surface area contributed by atoms with E-state index in [0.29, 0.717) is 19.0 Å². The van der Waals surface area contributed by atoms with Crippen molar-refractivity contribution in [3.8, 4) is 44.5 Å². The van der Waals surface area contributed by atoms with E-state index < -0.39 is 327 Å². The molecule has 0 aromatic heterocycles. The number of unbranched alkanes of at least 4 members (excludes halogenated alkanes) is 3. The van der Waals surface area contributed by atoms with E-state index in [9.17, 15) is 193 Å². The van der Waals surface area contributed by atoms with E-state index in [1.54, 1.807) is 4.90 Å². The van der Waals surface area contributed by atoms with Crippen LogP contribution in [-0.2, 0) is 3.80 Å². The Kier molecular flexibility index (Phi) is 36.1. The predicted octanol–water partition coefficient (Wildman–Crippen LogP) is 26.1. The molecule has 0 amide bonds. The average molecular weight is 1810 g/mol. The molecule has 0 heterocycles. The molecule has 0 saturated heterocycles. The summed E-state index contributed by atoms with van der Waals surface area (Å²) in [5.74, 6) is -111. The van der Waals surface area contributed by atoms with Gasteiger partial charge in [0.25, 0.3) is 0 Å². The molecular weight excluding hydrogens is 1770 g/mol. The van der Waals surface area contributed by atoms with Crippen molar-refractivity contribution in [1.82, 2.24) is 0 Å². The van der Waals surface area contributed by atoms with Gasteiger partial charge in [0.1, 0.15) is 5.69 Å². The zero-order valence-electron chi connectivity index (χ0n) is 59.4. The Morgan fingerprint density at radius 3 is 0.600 bits per heavy atom. The number of anilines is 1. The van der Waals surface area contributed by atoms with Crippen molar-refractivity contribution in [1.29, 1.82) is 0 Å². The molecule has 0 radical (unpaired) electrons. The van der Waals surface area contributed by atoms with E-state index in [0.717, 1.165) is 58.3 Å². The number of hydrogen-bond donors (Lipinski definition) is 1. The van der Waals surface area contributed by atoms with Gasteiger partial charge in [-0.3, -0.25) is 0 Å². The first-order valence-corrected chi connectivity index (χ1v) is 33.4. The summed E-state index contributed by atoms with van der Waals surface area (Å²) in [6.45, 7) is 10.6. The third-order valence-electron chi connectivity index (χ3n) is 16.6. The van der Waals surface area contributed by atoms with Gasteiger partial charge in [-0.05, 0) is 31.6 Å². The summed E-state index contributed by atoms with van der Waals surface area (Å²) in [5, 5.41) is 0. The van der Waals surface area contributed by atoms with Crippen LogP contribution in [0.2, 0.25) is 0 Å². The molecule has 2 atom stereocenters. The Balaban J connectivity index is 0.000000314. The van der Waals surface area contributed by atoms with E-state index in [-0.39, 0.29) is 5.92 Å². The van der Waals surface area contributed by atoms with Gasteiger partial charge in [0, 0.05) is 18.7 Å². The molecule has 0 aliphatic heterocycles. The zero-order valence-corrected chi connectivity index (χ0v) is 60.6. The van der Waals surface area contributed by atoms with Crippen LogP contribution in [0, 0.1) is 275 Å². The molecule has 0 aliphatic rings. The first kappa shape index (κ1) is 102. The molecule has 9 rings (SSSR count). The molecule has 9 aromatic rings. The molecule has 0 bridgehead atoms. The molecule has 0 saturated carbocycles. The first-order chi connectivity index (χ1) is 55.6. The van der Waals surface area contributed by atoms with Gasteiger partial charge in [0.15, 0.2) is 209 Å². The fraction of sp³-hybridized carbons (Fsp3) is 0.250. The first-order valence-electron chi connectivity index (χ1n) is 32.4. The average Bonchev–Trinajstić information content (AvgIpc) is 0.764. The van der Waals surface area contributed by atoms with Crippen molar-refractivity contribution in [3.63, 3.8) is 0 Å². The van der Waals surface area contributed by atoms with Crippen LogP contribution in [0.1, 0.15) is 91.0 Å². The normalized spacial score (nSPS) is 11.5. The summed E-state index contributed by atoms with van der Waals surface area (Å²) in [6.07, 6.45) is 9.32. The van der Waals surface area contributed by atoms with E-state index in [4.69, 9.17) is 7.96 Å². The third-order valence-corrected chi connectivity index (χ3v) is 16.6. The van der Waals surface area contributed by atoms with Gasteiger partial charge < -0.3 is 4.90 Å². The topological polar surface area (TPSA) is 40.5 Å². The van der Waals surface area contributed by atoms with Crippen LogP contribution in [0.4, 0.5) is 199 Å². The molecule has 3 nitrogen and oxygen atoms in total. The molecule has 1 N–H and O–H groups in total. The maximum atomic E-state index is 14.8. The zero-order chi connectivity index (χ0) is 92.4. The molecule has 0 aliphatic carbocycles. The SMILES string of the molecule is CCCCCCN(CC(C)CCC(CC)CCC)c1c(F)c(C)c(F)c(F)c1F.Fc1c(F)c(F)c(-c2c(F)c(F)c(F)c(F)c2F)c(F)c1F.Fc1c(F)c(F)c(-c2c(F)c(F)c(F)c(F)c2F)c(F)c1F.Fc1c(F)c(F)c(-c2c(F)c(F)c(F)c(F)c2F)c(F)c1F.Fc1c(F)c(F)c(-c2c(F)c(F)c(F)c(F)c2F)c(F)c1F.[O]=[Al][OH]. The molecule has 120 heavy (non-hydrogen) atoms. The summed E-state index contributed by atoms with van der Waals surface area (Å²) in [7, 11) is 0. The van der Waals surface area contributed by atoms with Gasteiger partial charge in [0.05, 0.1) is 44.5 Å². The summed E-state index contributed by atoms with van der Waals surface area (Å²) in [5.41, 5.74) is -19.0. The Morgan fingerprint density at radius 2 is 0.425 bits per heavy atom. The van der Waals surface area contributed by atoms with Crippen LogP contribution in [0.15, 0.2) is 0 Å². The number of halogens is 44. The van der Waals surface area contributed by atoms with Gasteiger partial charge in [-0.1, -0.05) is 72.6 Å². The van der Waals surface area contributed by atoms with Gasteiger partial charge in [-0.15, -0.1) is 0 Å². The van der Waals surface area contributed by atoms with Gasteiger partial charge in [-0.25, -0.2) is 193 Å². The third kappa shape index (κ3) is 20.4. The van der Waals surface area contributed by atoms with Gasteiger partial charge in [0.2, 0.25) is 46.5 Å². The van der Waals surface area contributed by atoms with Crippen LogP contribution in [-0.4, -0.2) is 32.7 Å². The number of benzene rings is 9. The van der Waals surface area contributed by atoms with E-state index in [2.05, 4.69) is 27.7 Å². The molecule has 2 unspecified atom stereocenters. The minimum atomic E-state index is -2.68. The van der Waals surface area contributed by atoms with Crippen LogP contribution < -0.4 is 4.90 Å². The fourth-order valence-electron chi connectivity index (χ4n) is 10.6. The van der Waals surface area contributed by atoms with Crippen molar-refractivity contribution < 1.29 is 201 Å². The predicted molar refractivity (Wildman–Crippen MR) is 329 cm³/mol. The summed E-state index contributed by atoms with van der Waals surface area (Å²) in [4.78, 5) is 1.60. The Hall–Kier alpha value is -10.2. The molecule has 0 fully saturated rings. The molecule has 9 aromatic carbocycles. The minimum absolute atomic E-state index is 0.208. The van der Waals surface area contributed by atoms with Crippen LogP contribution >= 0.6 is 0 Å². The number of hydrogen-bond acceptors (Lipinski definition) is 2. The second-order valence-corrected chi connectivity index (χ2v) is 24.4.